The van der Waals surface area contributed by atoms with Gasteiger partial charge in [-0.15, -0.1) is 0 Å². The second-order valence-electron chi connectivity index (χ2n) is 4.81. The second-order valence-corrected chi connectivity index (χ2v) is 4.81. The van der Waals surface area contributed by atoms with E-state index in [1.165, 1.54) is 0 Å². The van der Waals surface area contributed by atoms with Crippen molar-refractivity contribution in [2.24, 2.45) is 5.92 Å². The molecule has 1 heterocycles. The third kappa shape index (κ3) is 4.73. The lowest BCUT2D eigenvalue weighted by atomic mass is 10.0. The molecular weight excluding hydrogens is 264 g/mol. The van der Waals surface area contributed by atoms with Crippen LogP contribution < -0.4 is 5.32 Å². The summed E-state index contributed by atoms with van der Waals surface area (Å²) in [6, 6.07) is -0.371. The molecule has 20 heavy (non-hydrogen) atoms. The summed E-state index contributed by atoms with van der Waals surface area (Å²) in [6.45, 7) is 4.28. The maximum atomic E-state index is 12.2. The molecular formula is C13H24N2O5. The number of rotatable bonds is 9. The van der Waals surface area contributed by atoms with E-state index in [2.05, 4.69) is 5.32 Å². The van der Waals surface area contributed by atoms with E-state index in [0.717, 1.165) is 6.42 Å². The Kier molecular flexibility index (Phi) is 7.50. The standard InChI is InChI=1S/C13H24N2O5/c1-3-5-15(12(16)7-14-4-6-19-2)11-9-20-8-10(11)13(17)18/h10-11,14H,3-9H2,1-2H3,(H,17,18). The van der Waals surface area contributed by atoms with Crippen LogP contribution in [0.15, 0.2) is 0 Å². The van der Waals surface area contributed by atoms with Gasteiger partial charge in [-0.25, -0.2) is 0 Å². The Morgan fingerprint density at radius 2 is 2.20 bits per heavy atom. The number of carboxylic acids is 1. The van der Waals surface area contributed by atoms with Gasteiger partial charge in [0.15, 0.2) is 0 Å². The van der Waals surface area contributed by atoms with Crippen molar-refractivity contribution in [3.05, 3.63) is 0 Å². The molecule has 7 heteroatoms. The minimum atomic E-state index is -0.909. The zero-order valence-corrected chi connectivity index (χ0v) is 12.1. The lowest BCUT2D eigenvalue weighted by molar-refractivity contribution is -0.144. The monoisotopic (exact) mass is 288 g/mol. The van der Waals surface area contributed by atoms with Gasteiger partial charge >= 0.3 is 5.97 Å². The van der Waals surface area contributed by atoms with Crippen LogP contribution in [0.25, 0.3) is 0 Å². The molecule has 0 aromatic rings. The second kappa shape index (κ2) is 8.89. The molecule has 0 aromatic heterocycles. The molecule has 1 aliphatic rings. The average Bonchev–Trinajstić information content (AvgIpc) is 2.90. The Labute approximate surface area is 119 Å². The summed E-state index contributed by atoms with van der Waals surface area (Å²) in [5.41, 5.74) is 0. The molecule has 2 atom stereocenters. The van der Waals surface area contributed by atoms with Crippen molar-refractivity contribution in [2.75, 3.05) is 46.6 Å². The highest BCUT2D eigenvalue weighted by molar-refractivity contribution is 5.80. The van der Waals surface area contributed by atoms with Crippen molar-refractivity contribution in [3.8, 4) is 0 Å². The first kappa shape index (κ1) is 16.9. The summed E-state index contributed by atoms with van der Waals surface area (Å²) < 4.78 is 10.1. The van der Waals surface area contributed by atoms with Gasteiger partial charge in [-0.05, 0) is 6.42 Å². The first-order valence-corrected chi connectivity index (χ1v) is 6.91. The molecule has 1 aliphatic heterocycles. The molecule has 0 aromatic carbocycles. The van der Waals surface area contributed by atoms with Gasteiger partial charge in [0.05, 0.1) is 32.4 Å². The van der Waals surface area contributed by atoms with Crippen LogP contribution in [-0.4, -0.2) is 74.5 Å². The van der Waals surface area contributed by atoms with E-state index in [1.54, 1.807) is 12.0 Å². The van der Waals surface area contributed by atoms with Gasteiger partial charge in [0.1, 0.15) is 5.92 Å². The van der Waals surface area contributed by atoms with Gasteiger partial charge in [-0.2, -0.15) is 0 Å². The quantitative estimate of drug-likeness (QED) is 0.559. The van der Waals surface area contributed by atoms with Crippen molar-refractivity contribution in [1.29, 1.82) is 0 Å². The van der Waals surface area contributed by atoms with Crippen molar-refractivity contribution in [2.45, 2.75) is 19.4 Å². The van der Waals surface area contributed by atoms with E-state index >= 15 is 0 Å². The van der Waals surface area contributed by atoms with E-state index in [9.17, 15) is 14.7 Å². The third-order valence-corrected chi connectivity index (χ3v) is 3.31. The lowest BCUT2D eigenvalue weighted by Gasteiger charge is -2.30. The molecule has 1 fully saturated rings. The molecule has 1 amide bonds. The average molecular weight is 288 g/mol. The SMILES string of the molecule is CCCN(C(=O)CNCCOC)C1COCC1C(=O)O. The minimum Gasteiger partial charge on any atom is -0.481 e. The Hall–Kier alpha value is -1.18. The number of carboxylic acid groups (broad SMARTS) is 1. The molecule has 7 nitrogen and oxygen atoms in total. The van der Waals surface area contributed by atoms with Crippen LogP contribution in [0.3, 0.4) is 0 Å². The molecule has 0 saturated carbocycles. The molecule has 116 valence electrons. The van der Waals surface area contributed by atoms with Crippen LogP contribution in [-0.2, 0) is 19.1 Å². The predicted molar refractivity (Wildman–Crippen MR) is 72.5 cm³/mol. The number of nitrogens with one attached hydrogen (secondary N) is 1. The number of hydrogen-bond acceptors (Lipinski definition) is 5. The van der Waals surface area contributed by atoms with Crippen molar-refractivity contribution in [1.82, 2.24) is 10.2 Å². The number of methoxy groups -OCH3 is 1. The molecule has 1 saturated heterocycles. The zero-order valence-electron chi connectivity index (χ0n) is 12.1. The first-order valence-electron chi connectivity index (χ1n) is 6.91. The summed E-state index contributed by atoms with van der Waals surface area (Å²) in [6.07, 6.45) is 0.784. The Bertz CT molecular complexity index is 324. The maximum absolute atomic E-state index is 12.2. The van der Waals surface area contributed by atoms with Crippen LogP contribution in [0, 0.1) is 5.92 Å². The lowest BCUT2D eigenvalue weighted by Crippen LogP contribution is -2.49. The Morgan fingerprint density at radius 1 is 1.45 bits per heavy atom. The summed E-state index contributed by atoms with van der Waals surface area (Å²) >= 11 is 0. The third-order valence-electron chi connectivity index (χ3n) is 3.31. The van der Waals surface area contributed by atoms with Gasteiger partial charge in [-0.1, -0.05) is 6.92 Å². The van der Waals surface area contributed by atoms with Gasteiger partial charge in [0.25, 0.3) is 0 Å². The van der Waals surface area contributed by atoms with E-state index in [4.69, 9.17) is 9.47 Å². The van der Waals surface area contributed by atoms with E-state index < -0.39 is 11.9 Å². The van der Waals surface area contributed by atoms with Gasteiger partial charge < -0.3 is 24.8 Å². The molecule has 1 rings (SSSR count). The molecule has 2 N–H and O–H groups in total. The van der Waals surface area contributed by atoms with Crippen molar-refractivity contribution < 1.29 is 24.2 Å². The number of ether oxygens (including phenoxy) is 2. The van der Waals surface area contributed by atoms with E-state index in [0.29, 0.717) is 26.3 Å². The van der Waals surface area contributed by atoms with Crippen LogP contribution in [0.5, 0.6) is 0 Å². The number of aliphatic carboxylic acids is 1. The van der Waals surface area contributed by atoms with Crippen molar-refractivity contribution in [3.63, 3.8) is 0 Å². The number of carbonyl (C=O) groups excluding carboxylic acids is 1. The fourth-order valence-electron chi connectivity index (χ4n) is 2.27. The fraction of sp³-hybridized carbons (Fsp3) is 0.846. The smallest absolute Gasteiger partial charge is 0.311 e. The number of carbonyl (C=O) groups is 2. The number of amides is 1. The van der Waals surface area contributed by atoms with Gasteiger partial charge in [-0.3, -0.25) is 9.59 Å². The van der Waals surface area contributed by atoms with Crippen LogP contribution >= 0.6 is 0 Å². The normalized spacial score (nSPS) is 21.9. The van der Waals surface area contributed by atoms with Crippen LogP contribution in [0.4, 0.5) is 0 Å². The zero-order chi connectivity index (χ0) is 15.0. The molecule has 0 radical (unpaired) electrons. The topological polar surface area (TPSA) is 88.1 Å². The number of hydrogen-bond donors (Lipinski definition) is 2. The molecule has 0 aliphatic carbocycles. The maximum Gasteiger partial charge on any atom is 0.311 e. The van der Waals surface area contributed by atoms with Gasteiger partial charge in [0, 0.05) is 20.2 Å². The van der Waals surface area contributed by atoms with Gasteiger partial charge in [0.2, 0.25) is 5.91 Å². The molecule has 0 spiro atoms. The highest BCUT2D eigenvalue weighted by Gasteiger charge is 2.39. The van der Waals surface area contributed by atoms with E-state index in [1.807, 2.05) is 6.92 Å². The summed E-state index contributed by atoms with van der Waals surface area (Å²) in [4.78, 5) is 25.0. The highest BCUT2D eigenvalue weighted by atomic mass is 16.5. The first-order chi connectivity index (χ1) is 9.61. The Balaban J connectivity index is 2.58. The van der Waals surface area contributed by atoms with Crippen LogP contribution in [0.2, 0.25) is 0 Å². The number of nitrogens with zero attached hydrogens (tertiary/aromatic N) is 1. The largest absolute Gasteiger partial charge is 0.481 e. The van der Waals surface area contributed by atoms with Crippen molar-refractivity contribution >= 4 is 11.9 Å². The minimum absolute atomic E-state index is 0.0929. The summed E-state index contributed by atoms with van der Waals surface area (Å²) in [5.74, 6) is -1.64. The molecule has 0 bridgehead atoms. The van der Waals surface area contributed by atoms with Crippen LogP contribution in [0.1, 0.15) is 13.3 Å². The molecule has 2 unspecified atom stereocenters. The predicted octanol–water partition coefficient (Wildman–Crippen LogP) is -0.439. The fourth-order valence-corrected chi connectivity index (χ4v) is 2.27. The summed E-state index contributed by atoms with van der Waals surface area (Å²) in [7, 11) is 1.60. The van der Waals surface area contributed by atoms with E-state index in [-0.39, 0.29) is 25.1 Å². The summed E-state index contributed by atoms with van der Waals surface area (Å²) in [5, 5.41) is 12.2. The highest BCUT2D eigenvalue weighted by Crippen LogP contribution is 2.20. The Morgan fingerprint density at radius 3 is 2.80 bits per heavy atom.